The third-order valence-corrected chi connectivity index (χ3v) is 12.3. The maximum Gasteiger partial charge on any atom is 0.227 e. The number of amides is 2. The molecule has 2 amide bonds. The molecule has 4 rings (SSSR count). The lowest BCUT2D eigenvalue weighted by atomic mass is 9.88. The number of hydrogen-bond donors (Lipinski definition) is 4. The number of likely N-dealkylation sites (N-methyl/N-ethyl adjacent to an activating group) is 1. The van der Waals surface area contributed by atoms with Crippen LogP contribution in [0.25, 0.3) is 11.1 Å². The molecule has 7 N–H and O–H groups in total. The van der Waals surface area contributed by atoms with Gasteiger partial charge in [0.2, 0.25) is 11.8 Å². The van der Waals surface area contributed by atoms with Gasteiger partial charge in [-0.3, -0.25) is 24.0 Å². The number of carbonyl (C=O) groups excluding carboxylic acids is 5. The average Bonchev–Trinajstić information content (AvgIpc) is 3.76. The van der Waals surface area contributed by atoms with E-state index in [2.05, 4.69) is 15.5 Å². The number of carbonyl (C=O) groups is 5. The summed E-state index contributed by atoms with van der Waals surface area (Å²) in [5.41, 5.74) is 19.8. The van der Waals surface area contributed by atoms with Gasteiger partial charge in [0.25, 0.3) is 0 Å². The smallest absolute Gasteiger partial charge is 0.227 e. The van der Waals surface area contributed by atoms with Crippen LogP contribution in [-0.4, -0.2) is 112 Å². The summed E-state index contributed by atoms with van der Waals surface area (Å²) < 4.78 is 38.4. The Balaban J connectivity index is 1.87. The zero-order chi connectivity index (χ0) is 43.3. The van der Waals surface area contributed by atoms with E-state index in [4.69, 9.17) is 26.7 Å². The predicted octanol–water partition coefficient (Wildman–Crippen LogP) is 2.34. The van der Waals surface area contributed by atoms with Crippen molar-refractivity contribution in [3.63, 3.8) is 0 Å². The van der Waals surface area contributed by atoms with Crippen LogP contribution in [0.15, 0.2) is 46.6 Å². The molecule has 2 heterocycles. The van der Waals surface area contributed by atoms with Crippen LogP contribution in [-0.2, 0) is 40.2 Å². The molecule has 2 aliphatic rings. The number of Topliss-reactive ketones (excluding diaryl/α,β-unsaturated/α-hetero) is 3. The van der Waals surface area contributed by atoms with Crippen molar-refractivity contribution in [2.45, 2.75) is 77.8 Å². The number of nitrogens with zero attached hydrogens (tertiary/aromatic N) is 3. The van der Waals surface area contributed by atoms with Crippen molar-refractivity contribution in [1.29, 1.82) is 0 Å². The highest BCUT2D eigenvalue weighted by atomic mass is 32.2. The molecule has 2 aromatic rings. The Morgan fingerprint density at radius 3 is 2.24 bits per heavy atom. The average molecular weight is 838 g/mol. The standard InChI is InChI=1S/C42H59N7O9S/c1-5-6-19-59(55,56)25-30(11-13-43)42(54)49(4)39-29-8-10-38(58-18-15-45)32(24-29)31-22-28(7-9-37(31)57-17-14-44)23-34(47-41(53)27(3)21-36(39)51)35(50)20-26(2)40(52)33-12-16-46-48-33/h7-10,16,22,24,26-27,30,34,39H,5-6,11-15,17-21,23,25,43-45H2,1-4H3,(H,47,53)/t26-,27-,30-,34+,39+/m1/s1. The lowest BCUT2D eigenvalue weighted by molar-refractivity contribution is -0.142. The molecular formula is C42H59N7O9S. The molecule has 0 saturated carbocycles. The minimum Gasteiger partial charge on any atom is -0.492 e. The maximum atomic E-state index is 14.6. The fourth-order valence-corrected chi connectivity index (χ4v) is 9.07. The molecule has 0 aromatic heterocycles. The second-order valence-electron chi connectivity index (χ2n) is 15.3. The molecule has 2 aromatic carbocycles. The molecule has 5 atom stereocenters. The third-order valence-electron chi connectivity index (χ3n) is 10.5. The highest BCUT2D eigenvalue weighted by Crippen LogP contribution is 2.41. The number of ketones is 3. The molecule has 0 spiro atoms. The molecule has 0 saturated heterocycles. The van der Waals surface area contributed by atoms with Gasteiger partial charge in [-0.15, -0.1) is 0 Å². The van der Waals surface area contributed by atoms with Gasteiger partial charge in [-0.25, -0.2) is 8.42 Å². The Morgan fingerprint density at radius 2 is 1.63 bits per heavy atom. The van der Waals surface area contributed by atoms with Gasteiger partial charge < -0.3 is 36.9 Å². The summed E-state index contributed by atoms with van der Waals surface area (Å²) in [6, 6.07) is 7.95. The summed E-state index contributed by atoms with van der Waals surface area (Å²) in [7, 11) is -2.19. The minimum atomic E-state index is -3.63. The van der Waals surface area contributed by atoms with Crippen LogP contribution in [0.4, 0.5) is 0 Å². The lowest BCUT2D eigenvalue weighted by Crippen LogP contribution is -2.46. The Labute approximate surface area is 346 Å². The topological polar surface area (TPSA) is 256 Å². The first-order valence-electron chi connectivity index (χ1n) is 20.2. The van der Waals surface area contributed by atoms with Crippen molar-refractivity contribution < 1.29 is 41.9 Å². The van der Waals surface area contributed by atoms with Crippen LogP contribution in [0.5, 0.6) is 11.5 Å². The highest BCUT2D eigenvalue weighted by Gasteiger charge is 2.37. The van der Waals surface area contributed by atoms with Crippen LogP contribution >= 0.6 is 0 Å². The molecular weight excluding hydrogens is 779 g/mol. The van der Waals surface area contributed by atoms with Crippen molar-refractivity contribution in [2.24, 2.45) is 45.2 Å². The van der Waals surface area contributed by atoms with Crippen molar-refractivity contribution >= 4 is 50.9 Å². The second kappa shape index (κ2) is 22.0. The molecule has 59 heavy (non-hydrogen) atoms. The number of ether oxygens (including phenoxy) is 2. The molecule has 322 valence electrons. The van der Waals surface area contributed by atoms with Gasteiger partial charge in [0.15, 0.2) is 27.2 Å². The van der Waals surface area contributed by atoms with Crippen LogP contribution in [0, 0.1) is 17.8 Å². The molecule has 0 radical (unpaired) electrons. The fraction of sp³-hybridized carbons (Fsp3) is 0.548. The maximum absolute atomic E-state index is 14.6. The Morgan fingerprint density at radius 1 is 0.966 bits per heavy atom. The number of benzene rings is 2. The Bertz CT molecular complexity index is 2020. The van der Waals surface area contributed by atoms with Gasteiger partial charge >= 0.3 is 0 Å². The Hall–Kier alpha value is -4.84. The first-order chi connectivity index (χ1) is 28.1. The van der Waals surface area contributed by atoms with Gasteiger partial charge in [0, 0.05) is 68.6 Å². The molecule has 17 heteroatoms. The molecule has 16 nitrogen and oxygen atoms in total. The number of unbranched alkanes of at least 4 members (excludes halogenated alkanes) is 1. The molecule has 4 bridgehead atoms. The van der Waals surface area contributed by atoms with Gasteiger partial charge in [0.1, 0.15) is 36.5 Å². The zero-order valence-electron chi connectivity index (χ0n) is 34.5. The summed E-state index contributed by atoms with van der Waals surface area (Å²) >= 11 is 0. The van der Waals surface area contributed by atoms with Crippen LogP contribution < -0.4 is 32.0 Å². The summed E-state index contributed by atoms with van der Waals surface area (Å²) in [6.45, 7) is 5.80. The van der Waals surface area contributed by atoms with E-state index in [9.17, 15) is 32.4 Å². The van der Waals surface area contributed by atoms with E-state index in [1.54, 1.807) is 50.2 Å². The van der Waals surface area contributed by atoms with Crippen molar-refractivity contribution in [1.82, 2.24) is 10.2 Å². The van der Waals surface area contributed by atoms with Gasteiger partial charge in [0.05, 0.1) is 23.5 Å². The van der Waals surface area contributed by atoms with E-state index in [0.717, 1.165) is 0 Å². The minimum absolute atomic E-state index is 0.0403. The third kappa shape index (κ3) is 12.6. The summed E-state index contributed by atoms with van der Waals surface area (Å²) in [5.74, 6) is -4.81. The van der Waals surface area contributed by atoms with Gasteiger partial charge in [-0.2, -0.15) is 10.2 Å². The summed E-state index contributed by atoms with van der Waals surface area (Å²) in [5, 5.41) is 10.5. The second-order valence-corrected chi connectivity index (χ2v) is 17.5. The molecule has 0 unspecified atom stereocenters. The SMILES string of the molecule is CCCCS(=O)(=O)C[C@@H](CCN)C(=O)N(C)[C@@H]1C(=O)C[C@@H](C)C(=O)N[C@H](C(=O)C[C@@H](C)C(=O)C2=NN=CC2)Cc2ccc(OCCN)c(c2)-c2cc1ccc2OCCN. The highest BCUT2D eigenvalue weighted by molar-refractivity contribution is 7.91. The van der Waals surface area contributed by atoms with E-state index >= 15 is 0 Å². The van der Waals surface area contributed by atoms with E-state index in [0.29, 0.717) is 46.6 Å². The van der Waals surface area contributed by atoms with Crippen LogP contribution in [0.3, 0.4) is 0 Å². The van der Waals surface area contributed by atoms with Crippen molar-refractivity contribution in [3.05, 3.63) is 47.5 Å². The molecule has 0 fully saturated rings. The molecule has 0 aliphatic carbocycles. The molecule has 2 aliphatic heterocycles. The van der Waals surface area contributed by atoms with E-state index in [1.165, 1.54) is 18.2 Å². The van der Waals surface area contributed by atoms with E-state index < -0.39 is 68.8 Å². The quantitative estimate of drug-likeness (QED) is 0.150. The Kier molecular flexibility index (Phi) is 17.4. The van der Waals surface area contributed by atoms with E-state index in [1.807, 2.05) is 6.92 Å². The van der Waals surface area contributed by atoms with Crippen LogP contribution in [0.1, 0.15) is 76.5 Å². The fourth-order valence-electron chi connectivity index (χ4n) is 7.26. The number of rotatable bonds is 20. The van der Waals surface area contributed by atoms with Crippen LogP contribution in [0.2, 0.25) is 0 Å². The summed E-state index contributed by atoms with van der Waals surface area (Å²) in [4.78, 5) is 71.1. The van der Waals surface area contributed by atoms with Gasteiger partial charge in [-0.1, -0.05) is 39.3 Å². The number of fused-ring (bicyclic) bond motifs is 5. The first kappa shape index (κ1) is 46.8. The largest absolute Gasteiger partial charge is 0.492 e. The van der Waals surface area contributed by atoms with Crippen molar-refractivity contribution in [2.75, 3.05) is 51.4 Å². The number of sulfone groups is 1. The predicted molar refractivity (Wildman–Crippen MR) is 226 cm³/mol. The number of nitrogens with two attached hydrogens (primary N) is 3. The number of nitrogens with one attached hydrogen (secondary N) is 1. The monoisotopic (exact) mass is 837 g/mol. The van der Waals surface area contributed by atoms with Crippen molar-refractivity contribution in [3.8, 4) is 22.6 Å². The van der Waals surface area contributed by atoms with E-state index in [-0.39, 0.29) is 82.2 Å². The first-order valence-corrected chi connectivity index (χ1v) is 22.0. The normalized spacial score (nSPS) is 19.2. The van der Waals surface area contributed by atoms with Gasteiger partial charge in [-0.05, 0) is 61.2 Å². The summed E-state index contributed by atoms with van der Waals surface area (Å²) in [6.07, 6.45) is 2.48. The number of hydrogen-bond acceptors (Lipinski definition) is 14. The lowest BCUT2D eigenvalue weighted by Gasteiger charge is -2.32. The zero-order valence-corrected chi connectivity index (χ0v) is 35.3.